The van der Waals surface area contributed by atoms with Gasteiger partial charge >= 0.3 is 0 Å². The Balaban J connectivity index is 1.57. The topological polar surface area (TPSA) is 69.7 Å². The summed E-state index contributed by atoms with van der Waals surface area (Å²) in [4.78, 5) is 14.4. The summed E-state index contributed by atoms with van der Waals surface area (Å²) in [7, 11) is -3.56. The average molecular weight is 408 g/mol. The van der Waals surface area contributed by atoms with Crippen LogP contribution in [0.25, 0.3) is 0 Å². The van der Waals surface area contributed by atoms with E-state index >= 15 is 0 Å². The number of halogens is 1. The van der Waals surface area contributed by atoms with Crippen molar-refractivity contribution in [1.29, 1.82) is 0 Å². The summed E-state index contributed by atoms with van der Waals surface area (Å²) in [6.07, 6.45) is 0. The van der Waals surface area contributed by atoms with Gasteiger partial charge in [0.15, 0.2) is 0 Å². The molecule has 1 aliphatic rings. The third kappa shape index (κ3) is 4.87. The van der Waals surface area contributed by atoms with Crippen molar-refractivity contribution in [2.75, 3.05) is 38.0 Å². The lowest BCUT2D eigenvalue weighted by Gasteiger charge is -2.33. The maximum atomic E-state index is 12.9. The molecule has 0 aromatic heterocycles. The van der Waals surface area contributed by atoms with Gasteiger partial charge in [-0.1, -0.05) is 29.8 Å². The molecule has 27 heavy (non-hydrogen) atoms. The van der Waals surface area contributed by atoms with Crippen molar-refractivity contribution in [3.05, 3.63) is 59.1 Å². The minimum absolute atomic E-state index is 0.106. The van der Waals surface area contributed by atoms with Crippen LogP contribution in [-0.4, -0.2) is 56.3 Å². The third-order valence-corrected chi connectivity index (χ3v) is 6.80. The molecule has 0 bridgehead atoms. The Morgan fingerprint density at radius 2 is 1.74 bits per heavy atom. The zero-order valence-corrected chi connectivity index (χ0v) is 16.6. The summed E-state index contributed by atoms with van der Waals surface area (Å²) in [5.74, 6) is -0.106. The number of para-hydroxylation sites is 1. The standard InChI is InChI=1S/C19H22ClN3O3S/c1-15-13-16(20)7-8-18(15)27(25,26)23-11-9-22(10-12-23)14-19(24)21-17-5-3-2-4-6-17/h2-8,13H,9-12,14H2,1H3,(H,21,24). The molecule has 0 radical (unpaired) electrons. The molecule has 1 N–H and O–H groups in total. The maximum Gasteiger partial charge on any atom is 0.243 e. The number of aryl methyl sites for hydroxylation is 1. The Kier molecular flexibility index (Phi) is 6.16. The molecule has 8 heteroatoms. The summed E-state index contributed by atoms with van der Waals surface area (Å²) in [6, 6.07) is 14.1. The Hall–Kier alpha value is -1.93. The fraction of sp³-hybridized carbons (Fsp3) is 0.316. The highest BCUT2D eigenvalue weighted by Crippen LogP contribution is 2.24. The molecule has 1 aliphatic heterocycles. The quantitative estimate of drug-likeness (QED) is 0.827. The minimum atomic E-state index is -3.56. The molecule has 0 unspecified atom stereocenters. The molecule has 1 amide bonds. The number of hydrogen-bond acceptors (Lipinski definition) is 4. The van der Waals surface area contributed by atoms with Crippen molar-refractivity contribution in [2.45, 2.75) is 11.8 Å². The van der Waals surface area contributed by atoms with E-state index in [-0.39, 0.29) is 17.3 Å². The van der Waals surface area contributed by atoms with Gasteiger partial charge in [-0.25, -0.2) is 8.42 Å². The molecule has 1 saturated heterocycles. The van der Waals surface area contributed by atoms with Crippen LogP contribution in [0, 0.1) is 6.92 Å². The van der Waals surface area contributed by atoms with E-state index in [1.165, 1.54) is 4.31 Å². The van der Waals surface area contributed by atoms with Crippen LogP contribution in [0.15, 0.2) is 53.4 Å². The molecule has 3 rings (SSSR count). The van der Waals surface area contributed by atoms with E-state index in [1.54, 1.807) is 25.1 Å². The van der Waals surface area contributed by atoms with Crippen LogP contribution in [0.1, 0.15) is 5.56 Å². The van der Waals surface area contributed by atoms with Crippen molar-refractivity contribution in [1.82, 2.24) is 9.21 Å². The van der Waals surface area contributed by atoms with Crippen LogP contribution in [0.5, 0.6) is 0 Å². The molecule has 1 heterocycles. The molecule has 0 atom stereocenters. The Morgan fingerprint density at radius 1 is 1.07 bits per heavy atom. The highest BCUT2D eigenvalue weighted by atomic mass is 35.5. The third-order valence-electron chi connectivity index (χ3n) is 4.51. The number of anilines is 1. The molecular weight excluding hydrogens is 386 g/mol. The van der Waals surface area contributed by atoms with E-state index in [0.29, 0.717) is 36.8 Å². The number of carbonyl (C=O) groups is 1. The van der Waals surface area contributed by atoms with E-state index in [9.17, 15) is 13.2 Å². The molecular formula is C19H22ClN3O3S. The number of hydrogen-bond donors (Lipinski definition) is 1. The first-order chi connectivity index (χ1) is 12.9. The molecule has 2 aromatic carbocycles. The molecule has 1 fully saturated rings. The number of amides is 1. The Morgan fingerprint density at radius 3 is 2.37 bits per heavy atom. The van der Waals surface area contributed by atoms with Crippen LogP contribution in [-0.2, 0) is 14.8 Å². The summed E-state index contributed by atoms with van der Waals surface area (Å²) < 4.78 is 27.2. The fourth-order valence-electron chi connectivity index (χ4n) is 3.09. The molecule has 0 spiro atoms. The molecule has 0 saturated carbocycles. The lowest BCUT2D eigenvalue weighted by molar-refractivity contribution is -0.117. The highest BCUT2D eigenvalue weighted by Gasteiger charge is 2.30. The summed E-state index contributed by atoms with van der Waals surface area (Å²) >= 11 is 5.93. The van der Waals surface area contributed by atoms with Gasteiger partial charge in [0.1, 0.15) is 0 Å². The first kappa shape index (κ1) is 19.8. The van der Waals surface area contributed by atoms with Crippen LogP contribution in [0.4, 0.5) is 5.69 Å². The second kappa shape index (κ2) is 8.39. The minimum Gasteiger partial charge on any atom is -0.325 e. The number of piperazine rings is 1. The smallest absolute Gasteiger partial charge is 0.243 e. The van der Waals surface area contributed by atoms with Gasteiger partial charge in [0, 0.05) is 36.9 Å². The summed E-state index contributed by atoms with van der Waals surface area (Å²) in [5, 5.41) is 3.36. The normalized spacial score (nSPS) is 16.2. The molecule has 6 nitrogen and oxygen atoms in total. The van der Waals surface area contributed by atoms with E-state index in [4.69, 9.17) is 11.6 Å². The predicted octanol–water partition coefficient (Wildman–Crippen LogP) is 2.59. The lowest BCUT2D eigenvalue weighted by Crippen LogP contribution is -2.50. The number of carbonyl (C=O) groups excluding carboxylic acids is 1. The highest BCUT2D eigenvalue weighted by molar-refractivity contribution is 7.89. The van der Waals surface area contributed by atoms with Crippen LogP contribution in [0.3, 0.4) is 0 Å². The Labute approximate surface area is 164 Å². The zero-order chi connectivity index (χ0) is 19.4. The van der Waals surface area contributed by atoms with Crippen LogP contribution < -0.4 is 5.32 Å². The SMILES string of the molecule is Cc1cc(Cl)ccc1S(=O)(=O)N1CCN(CC(=O)Nc2ccccc2)CC1. The van der Waals surface area contributed by atoms with Crippen LogP contribution in [0.2, 0.25) is 5.02 Å². The van der Waals surface area contributed by atoms with E-state index in [0.717, 1.165) is 5.69 Å². The van der Waals surface area contributed by atoms with Crippen molar-refractivity contribution in [3.63, 3.8) is 0 Å². The molecule has 2 aromatic rings. The number of nitrogens with one attached hydrogen (secondary N) is 1. The van der Waals surface area contributed by atoms with E-state index in [2.05, 4.69) is 5.32 Å². The fourth-order valence-corrected chi connectivity index (χ4v) is 4.95. The van der Waals surface area contributed by atoms with Crippen molar-refractivity contribution in [2.24, 2.45) is 0 Å². The first-order valence-electron chi connectivity index (χ1n) is 8.70. The van der Waals surface area contributed by atoms with Crippen molar-refractivity contribution < 1.29 is 13.2 Å². The first-order valence-corrected chi connectivity index (χ1v) is 10.5. The largest absolute Gasteiger partial charge is 0.325 e. The van der Waals surface area contributed by atoms with Crippen LogP contribution >= 0.6 is 11.6 Å². The van der Waals surface area contributed by atoms with Gasteiger partial charge < -0.3 is 5.32 Å². The molecule has 0 aliphatic carbocycles. The van der Waals surface area contributed by atoms with Gasteiger partial charge in [-0.05, 0) is 42.8 Å². The van der Waals surface area contributed by atoms with Gasteiger partial charge in [0.25, 0.3) is 0 Å². The van der Waals surface area contributed by atoms with Crippen molar-refractivity contribution in [3.8, 4) is 0 Å². The van der Waals surface area contributed by atoms with Gasteiger partial charge in [-0.2, -0.15) is 4.31 Å². The Bertz CT molecular complexity index is 911. The predicted molar refractivity (Wildman–Crippen MR) is 106 cm³/mol. The second-order valence-electron chi connectivity index (χ2n) is 6.50. The number of benzene rings is 2. The second-order valence-corrected chi connectivity index (χ2v) is 8.85. The molecule has 144 valence electrons. The van der Waals surface area contributed by atoms with Gasteiger partial charge in [0.05, 0.1) is 11.4 Å². The average Bonchev–Trinajstić information content (AvgIpc) is 2.62. The lowest BCUT2D eigenvalue weighted by atomic mass is 10.2. The zero-order valence-electron chi connectivity index (χ0n) is 15.1. The number of sulfonamides is 1. The number of rotatable bonds is 5. The summed E-state index contributed by atoms with van der Waals surface area (Å²) in [5.41, 5.74) is 1.38. The van der Waals surface area contributed by atoms with E-state index < -0.39 is 10.0 Å². The van der Waals surface area contributed by atoms with Gasteiger partial charge in [-0.3, -0.25) is 9.69 Å². The van der Waals surface area contributed by atoms with Gasteiger partial charge in [-0.15, -0.1) is 0 Å². The number of nitrogens with zero attached hydrogens (tertiary/aromatic N) is 2. The van der Waals surface area contributed by atoms with Crippen molar-refractivity contribution >= 4 is 33.2 Å². The summed E-state index contributed by atoms with van der Waals surface area (Å²) in [6.45, 7) is 3.69. The van der Waals surface area contributed by atoms with Gasteiger partial charge in [0.2, 0.25) is 15.9 Å². The monoisotopic (exact) mass is 407 g/mol. The maximum absolute atomic E-state index is 12.9. The van der Waals surface area contributed by atoms with E-state index in [1.807, 2.05) is 35.2 Å².